The second-order valence-corrected chi connectivity index (χ2v) is 15.5. The maximum absolute atomic E-state index is 9.67. The zero-order valence-corrected chi connectivity index (χ0v) is 34.0. The molecule has 0 radical (unpaired) electrons. The van der Waals surface area contributed by atoms with Gasteiger partial charge in [-0.2, -0.15) is 4.58 Å². The maximum atomic E-state index is 9.67. The molecule has 7 rings (SSSR count). The molecule has 0 spiro atoms. The molecule has 8 heteroatoms. The molecule has 0 atom stereocenters. The first-order valence-corrected chi connectivity index (χ1v) is 19.2. The minimum Gasteiger partial charge on any atom is -1.00 e. The molecular formula is C48H52BF4N3. The van der Waals surface area contributed by atoms with E-state index in [1.807, 2.05) is 0 Å². The molecular weight excluding hydrogens is 705 g/mol. The van der Waals surface area contributed by atoms with E-state index in [0.29, 0.717) is 0 Å². The Morgan fingerprint density at radius 3 is 1.82 bits per heavy atom. The van der Waals surface area contributed by atoms with Crippen LogP contribution in [0.5, 0.6) is 0 Å². The Labute approximate surface area is 331 Å². The van der Waals surface area contributed by atoms with E-state index < -0.39 is 7.54 Å². The minimum absolute atomic E-state index is 0. The lowest BCUT2D eigenvalue weighted by molar-refractivity contribution is -0.433. The summed E-state index contributed by atoms with van der Waals surface area (Å²) in [6, 6.07) is 35.4. The predicted octanol–water partition coefficient (Wildman–Crippen LogP) is 9.82. The van der Waals surface area contributed by atoms with Crippen LogP contribution in [0.3, 0.4) is 0 Å². The van der Waals surface area contributed by atoms with E-state index in [9.17, 15) is 12.9 Å². The molecule has 4 aromatic carbocycles. The predicted molar refractivity (Wildman–Crippen MR) is 227 cm³/mol. The number of nitrogens with zero attached hydrogens (tertiary/aromatic N) is 3. The Kier molecular flexibility index (Phi) is 12.5. The summed E-state index contributed by atoms with van der Waals surface area (Å²) >= 11 is 0. The van der Waals surface area contributed by atoms with Crippen molar-refractivity contribution in [3.8, 4) is 0 Å². The Hall–Kier alpha value is -5.37. The summed E-state index contributed by atoms with van der Waals surface area (Å²) in [6.45, 7) is 22.5. The topological polar surface area (TPSA) is 9.49 Å². The Balaban J connectivity index is 0.00000115. The SMILES string of the molecule is CCN1/C(=C/C=C2\C(C)=CC(/C=C/C3=[N+](CC)c4ccc(C)cc4C3(C)C)=C2N(c2ccccc2)c2ccccc2)C(C)(C)c2cc(C)ccc21.FB(F)F.[F-]. The average molecular weight is 758 g/mol. The number of para-hydroxylation sites is 2. The average Bonchev–Trinajstić information content (AvgIpc) is 3.66. The van der Waals surface area contributed by atoms with Gasteiger partial charge in [0.15, 0.2) is 5.71 Å². The highest BCUT2D eigenvalue weighted by atomic mass is 19.4. The van der Waals surface area contributed by atoms with E-state index in [-0.39, 0.29) is 15.5 Å². The zero-order chi connectivity index (χ0) is 39.7. The third kappa shape index (κ3) is 7.84. The number of hydrogen-bond donors (Lipinski definition) is 0. The molecule has 4 aromatic rings. The van der Waals surface area contributed by atoms with E-state index >= 15 is 0 Å². The number of fused-ring (bicyclic) bond motifs is 2. The van der Waals surface area contributed by atoms with E-state index in [1.54, 1.807) is 0 Å². The molecule has 0 amide bonds. The highest BCUT2D eigenvalue weighted by Crippen LogP contribution is 2.49. The van der Waals surface area contributed by atoms with Gasteiger partial charge in [-0.15, -0.1) is 0 Å². The van der Waals surface area contributed by atoms with E-state index in [2.05, 4.69) is 204 Å². The van der Waals surface area contributed by atoms with Crippen molar-refractivity contribution in [3.63, 3.8) is 0 Å². The molecule has 0 saturated carbocycles. The summed E-state index contributed by atoms with van der Waals surface area (Å²) in [7, 11) is -3.67. The first-order chi connectivity index (χ1) is 26.2. The monoisotopic (exact) mass is 757 g/mol. The molecule has 1 aliphatic carbocycles. The lowest BCUT2D eigenvalue weighted by Crippen LogP contribution is -3.00. The van der Waals surface area contributed by atoms with Crippen molar-refractivity contribution < 1.29 is 22.2 Å². The molecule has 290 valence electrons. The van der Waals surface area contributed by atoms with Gasteiger partial charge in [0.25, 0.3) is 0 Å². The number of rotatable bonds is 8. The minimum atomic E-state index is -3.67. The smallest absolute Gasteiger partial charge is 0.762 e. The summed E-state index contributed by atoms with van der Waals surface area (Å²) in [5, 5.41) is 0. The second kappa shape index (κ2) is 16.8. The number of likely N-dealkylation sites (N-methyl/N-ethyl adjacent to an activating group) is 1. The lowest BCUT2D eigenvalue weighted by Gasteiger charge is -2.29. The first-order valence-electron chi connectivity index (χ1n) is 19.2. The summed E-state index contributed by atoms with van der Waals surface area (Å²) in [4.78, 5) is 4.93. The highest BCUT2D eigenvalue weighted by Gasteiger charge is 2.44. The molecule has 3 nitrogen and oxygen atoms in total. The van der Waals surface area contributed by atoms with Crippen molar-refractivity contribution in [2.24, 2.45) is 0 Å². The van der Waals surface area contributed by atoms with Crippen molar-refractivity contribution in [1.82, 2.24) is 0 Å². The lowest BCUT2D eigenvalue weighted by atomic mass is 9.80. The van der Waals surface area contributed by atoms with Crippen molar-refractivity contribution in [3.05, 3.63) is 178 Å². The molecule has 56 heavy (non-hydrogen) atoms. The van der Waals surface area contributed by atoms with Crippen molar-refractivity contribution in [2.45, 2.75) is 73.1 Å². The van der Waals surface area contributed by atoms with Crippen LogP contribution >= 0.6 is 0 Å². The fourth-order valence-corrected chi connectivity index (χ4v) is 8.46. The molecule has 0 saturated heterocycles. The van der Waals surface area contributed by atoms with Crippen LogP contribution in [0.1, 0.15) is 70.7 Å². The van der Waals surface area contributed by atoms with Crippen LogP contribution in [-0.4, -0.2) is 30.9 Å². The fourth-order valence-electron chi connectivity index (χ4n) is 8.46. The van der Waals surface area contributed by atoms with Crippen LogP contribution in [0.2, 0.25) is 0 Å². The molecule has 0 N–H and O–H groups in total. The van der Waals surface area contributed by atoms with Crippen molar-refractivity contribution in [2.75, 3.05) is 22.9 Å². The van der Waals surface area contributed by atoms with Crippen LogP contribution < -0.4 is 14.5 Å². The normalized spacial score (nSPS) is 17.9. The van der Waals surface area contributed by atoms with Gasteiger partial charge in [-0.25, -0.2) is 0 Å². The molecule has 3 aliphatic rings. The summed E-state index contributed by atoms with van der Waals surface area (Å²) in [6.07, 6.45) is 11.9. The molecule has 0 bridgehead atoms. The third-order valence-corrected chi connectivity index (χ3v) is 11.1. The summed E-state index contributed by atoms with van der Waals surface area (Å²) in [5.74, 6) is 0. The van der Waals surface area contributed by atoms with Crippen LogP contribution in [0.4, 0.5) is 35.7 Å². The second-order valence-electron chi connectivity index (χ2n) is 15.5. The molecule has 2 aliphatic heterocycles. The van der Waals surface area contributed by atoms with Crippen molar-refractivity contribution >= 4 is 36.0 Å². The Morgan fingerprint density at radius 2 is 1.27 bits per heavy atom. The van der Waals surface area contributed by atoms with Gasteiger partial charge in [0.1, 0.15) is 6.54 Å². The summed E-state index contributed by atoms with van der Waals surface area (Å²) in [5.41, 5.74) is 17.6. The molecule has 2 heterocycles. The van der Waals surface area contributed by atoms with Gasteiger partial charge in [-0.05, 0) is 120 Å². The van der Waals surface area contributed by atoms with Crippen LogP contribution in [0.25, 0.3) is 0 Å². The molecule has 0 aromatic heterocycles. The number of hydrogen-bond acceptors (Lipinski definition) is 2. The number of benzene rings is 4. The van der Waals surface area contributed by atoms with Crippen LogP contribution in [0.15, 0.2) is 156 Å². The Morgan fingerprint density at radius 1 is 0.714 bits per heavy atom. The van der Waals surface area contributed by atoms with Gasteiger partial charge in [0.05, 0.1) is 11.1 Å². The van der Waals surface area contributed by atoms with E-state index in [1.165, 1.54) is 67.5 Å². The van der Waals surface area contributed by atoms with Crippen LogP contribution in [0, 0.1) is 13.8 Å². The number of anilines is 3. The third-order valence-electron chi connectivity index (χ3n) is 11.1. The van der Waals surface area contributed by atoms with Gasteiger partial charge < -0.3 is 14.5 Å². The van der Waals surface area contributed by atoms with Gasteiger partial charge in [0.2, 0.25) is 5.69 Å². The van der Waals surface area contributed by atoms with Gasteiger partial charge >= 0.3 is 7.54 Å². The number of halogens is 4. The van der Waals surface area contributed by atoms with Gasteiger partial charge in [0, 0.05) is 58.0 Å². The molecule has 0 fully saturated rings. The zero-order valence-electron chi connectivity index (χ0n) is 34.0. The van der Waals surface area contributed by atoms with Crippen LogP contribution in [-0.2, 0) is 10.8 Å². The quantitative estimate of drug-likeness (QED) is 0.101. The highest BCUT2D eigenvalue weighted by molar-refractivity contribution is 6.33. The van der Waals surface area contributed by atoms with E-state index in [0.717, 1.165) is 24.5 Å². The van der Waals surface area contributed by atoms with Gasteiger partial charge in [-0.1, -0.05) is 85.6 Å². The number of aryl methyl sites for hydroxylation is 2. The van der Waals surface area contributed by atoms with Crippen molar-refractivity contribution in [1.29, 1.82) is 0 Å². The standard InChI is InChI=1S/C48H52N3.BF3.FH/c1-10-49-42-26-22-33(3)30-40(42)47(6,7)44(49)28-24-36-32-35(5)39(46(36)51(37-18-14-12-15-19-37)38-20-16-13-17-21-38)25-29-45-48(8,9)41-31-34(4)23-27-43(41)50(45)11-2;2-1(3)4;/h12-32H,10-11H2,1-9H3;;1H/q+1;;/p-1. The largest absolute Gasteiger partial charge is 1.00 e. The van der Waals surface area contributed by atoms with Gasteiger partial charge in [-0.3, -0.25) is 12.9 Å². The fraction of sp³-hybridized carbons (Fsp3) is 0.271. The Bertz CT molecular complexity index is 2220. The molecule has 0 unspecified atom stereocenters. The van der Waals surface area contributed by atoms with E-state index in [4.69, 9.17) is 0 Å². The maximum Gasteiger partial charge on any atom is 0.762 e. The number of allylic oxidation sites excluding steroid dienone is 8. The summed E-state index contributed by atoms with van der Waals surface area (Å²) < 4.78 is 31.5. The first kappa shape index (κ1) is 41.8.